The molecule has 272 valence electrons. The van der Waals surface area contributed by atoms with Crippen molar-refractivity contribution >= 4 is 35.2 Å². The van der Waals surface area contributed by atoms with Gasteiger partial charge in [0.15, 0.2) is 11.6 Å². The van der Waals surface area contributed by atoms with E-state index < -0.39 is 59.4 Å². The Morgan fingerprint density at radius 2 is 1.61 bits per heavy atom. The minimum Gasteiger partial charge on any atom is -0.384 e. The molecule has 2 unspecified atom stereocenters. The van der Waals surface area contributed by atoms with Crippen LogP contribution in [0.1, 0.15) is 68.7 Å². The van der Waals surface area contributed by atoms with Gasteiger partial charge in [-0.15, -0.1) is 0 Å². The molecule has 0 aliphatic carbocycles. The molecule has 3 aromatic rings. The lowest BCUT2D eigenvalue weighted by atomic mass is 9.92. The first-order valence-corrected chi connectivity index (χ1v) is 17.5. The zero-order valence-corrected chi connectivity index (χ0v) is 29.9. The van der Waals surface area contributed by atoms with Crippen molar-refractivity contribution < 1.29 is 28.7 Å². The molecular weight excluding hydrogens is 650 g/mol. The molecule has 0 radical (unpaired) electrons. The summed E-state index contributed by atoms with van der Waals surface area (Å²) in [4.78, 5) is 74.4. The van der Waals surface area contributed by atoms with Gasteiger partial charge >= 0.3 is 0 Å². The third-order valence-electron chi connectivity index (χ3n) is 9.68. The Kier molecular flexibility index (Phi) is 11.6. The van der Waals surface area contributed by atoms with Crippen molar-refractivity contribution in [1.82, 2.24) is 30.4 Å². The SMILES string of the molecule is CC(C)C[C@H](NC(=O)[C@H](Cc1ccccc1)N1C(=O)[C@@H](NC(=O)[C@H](CCc2ccccc2)NC(=O)c2ncc(N)n2C)CC1C)C(=O)C1(C)CO1. The Balaban J connectivity index is 1.35. The number of ether oxygens (including phenoxy) is 1. The number of benzene rings is 2. The number of carbonyl (C=O) groups excluding carboxylic acids is 5. The number of nitrogens with zero attached hydrogens (tertiary/aromatic N) is 3. The summed E-state index contributed by atoms with van der Waals surface area (Å²) < 4.78 is 6.85. The number of epoxide rings is 1. The molecule has 13 heteroatoms. The maximum absolute atomic E-state index is 14.2. The van der Waals surface area contributed by atoms with Crippen molar-refractivity contribution in [3.05, 3.63) is 83.8 Å². The van der Waals surface area contributed by atoms with Crippen LogP contribution in [-0.4, -0.2) is 86.3 Å². The van der Waals surface area contributed by atoms with Crippen LogP contribution in [0, 0.1) is 5.92 Å². The number of rotatable bonds is 16. The van der Waals surface area contributed by atoms with Gasteiger partial charge in [0.1, 0.15) is 29.5 Å². The fraction of sp³-hybridized carbons (Fsp3) is 0.474. The number of hydrogen-bond acceptors (Lipinski definition) is 8. The standard InChI is InChI=1S/C38H49N7O6/c1-23(2)18-28(32(46)38(4)22-51-38)42-35(48)30(20-26-14-10-7-11-15-26)45-24(3)19-29(37(45)50)43-34(47)27(17-16-25-12-8-6-9-13-25)41-36(49)33-40-21-31(39)44(33)5/h6-15,21,23-24,27-30H,16-20,22,39H2,1-5H3,(H,41,49)(H,42,48)(H,43,47)/t24?,27-,28-,29-,30-,38?/m0/s1. The molecule has 2 saturated heterocycles. The van der Waals surface area contributed by atoms with Gasteiger partial charge in [-0.2, -0.15) is 0 Å². The molecule has 5 rings (SSSR count). The van der Waals surface area contributed by atoms with Gasteiger partial charge in [-0.1, -0.05) is 74.5 Å². The van der Waals surface area contributed by atoms with Crippen molar-refractivity contribution in [2.45, 2.75) is 95.6 Å². The van der Waals surface area contributed by atoms with Crippen LogP contribution in [0.4, 0.5) is 5.82 Å². The number of carbonyl (C=O) groups is 5. The summed E-state index contributed by atoms with van der Waals surface area (Å²) >= 11 is 0. The molecule has 2 aliphatic heterocycles. The van der Waals surface area contributed by atoms with Gasteiger partial charge in [-0.05, 0) is 56.6 Å². The fourth-order valence-corrected chi connectivity index (χ4v) is 6.63. The summed E-state index contributed by atoms with van der Waals surface area (Å²) in [7, 11) is 1.60. The number of ketones is 1. The zero-order valence-electron chi connectivity index (χ0n) is 29.9. The highest BCUT2D eigenvalue weighted by Crippen LogP contribution is 2.30. The molecule has 0 spiro atoms. The summed E-state index contributed by atoms with van der Waals surface area (Å²) in [6.45, 7) is 7.81. The number of amides is 4. The third-order valence-corrected chi connectivity index (χ3v) is 9.68. The number of nitrogen functional groups attached to an aromatic ring is 1. The number of anilines is 1. The van der Waals surface area contributed by atoms with Gasteiger partial charge in [-0.3, -0.25) is 24.0 Å². The Morgan fingerprint density at radius 1 is 0.980 bits per heavy atom. The van der Waals surface area contributed by atoms with Crippen LogP contribution >= 0.6 is 0 Å². The van der Waals surface area contributed by atoms with Gasteiger partial charge in [0.2, 0.25) is 17.7 Å². The van der Waals surface area contributed by atoms with Gasteiger partial charge in [0.25, 0.3) is 5.91 Å². The summed E-state index contributed by atoms with van der Waals surface area (Å²) in [6, 6.07) is 14.9. The predicted molar refractivity (Wildman–Crippen MR) is 191 cm³/mol. The molecule has 2 aromatic carbocycles. The van der Waals surface area contributed by atoms with E-state index in [9.17, 15) is 24.0 Å². The quantitative estimate of drug-likeness (QED) is 0.165. The Bertz CT molecular complexity index is 1720. The lowest BCUT2D eigenvalue weighted by Crippen LogP contribution is -2.57. The van der Waals surface area contributed by atoms with E-state index in [-0.39, 0.29) is 36.8 Å². The molecule has 1 aromatic heterocycles. The lowest BCUT2D eigenvalue weighted by molar-refractivity contribution is -0.142. The summed E-state index contributed by atoms with van der Waals surface area (Å²) in [5.41, 5.74) is 6.77. The number of imidazole rings is 1. The van der Waals surface area contributed by atoms with E-state index in [0.29, 0.717) is 25.3 Å². The molecule has 51 heavy (non-hydrogen) atoms. The molecule has 3 heterocycles. The Hall–Kier alpha value is -5.04. The topological polar surface area (TPSA) is 181 Å². The third kappa shape index (κ3) is 9.01. The number of nitrogens with two attached hydrogens (primary N) is 1. The molecule has 2 aliphatic rings. The van der Waals surface area contributed by atoms with Crippen molar-refractivity contribution in [1.29, 1.82) is 0 Å². The van der Waals surface area contributed by atoms with Gasteiger partial charge in [0.05, 0.1) is 18.8 Å². The van der Waals surface area contributed by atoms with E-state index in [0.717, 1.165) is 11.1 Å². The molecular formula is C38H49N7O6. The van der Waals surface area contributed by atoms with Gasteiger partial charge in [-0.25, -0.2) is 4.98 Å². The highest BCUT2D eigenvalue weighted by Gasteiger charge is 2.51. The second kappa shape index (κ2) is 15.9. The van der Waals surface area contributed by atoms with Gasteiger partial charge < -0.3 is 35.9 Å². The van der Waals surface area contributed by atoms with E-state index in [1.54, 1.807) is 14.0 Å². The second-order valence-corrected chi connectivity index (χ2v) is 14.3. The number of nitrogens with one attached hydrogen (secondary N) is 3. The Labute approximate surface area is 298 Å². The second-order valence-electron chi connectivity index (χ2n) is 14.3. The maximum Gasteiger partial charge on any atom is 0.287 e. The lowest BCUT2D eigenvalue weighted by Gasteiger charge is -2.33. The van der Waals surface area contributed by atoms with E-state index in [4.69, 9.17) is 10.5 Å². The highest BCUT2D eigenvalue weighted by molar-refractivity contribution is 6.00. The minimum atomic E-state index is -0.995. The number of Topliss-reactive ketones (excluding diaryl/α,β-unsaturated/α-hetero) is 1. The molecule has 4 amide bonds. The minimum absolute atomic E-state index is 0.0491. The monoisotopic (exact) mass is 699 g/mol. The largest absolute Gasteiger partial charge is 0.384 e. The smallest absolute Gasteiger partial charge is 0.287 e. The number of hydrogen-bond donors (Lipinski definition) is 4. The molecule has 2 fully saturated rings. The van der Waals surface area contributed by atoms with E-state index >= 15 is 0 Å². The van der Waals surface area contributed by atoms with Crippen LogP contribution in [0.25, 0.3) is 0 Å². The summed E-state index contributed by atoms with van der Waals surface area (Å²) in [6.07, 6.45) is 2.99. The average Bonchev–Trinajstić information content (AvgIpc) is 3.69. The first kappa shape index (κ1) is 37.2. The molecule has 0 bridgehead atoms. The molecule has 5 N–H and O–H groups in total. The molecule has 13 nitrogen and oxygen atoms in total. The molecule has 6 atom stereocenters. The van der Waals surface area contributed by atoms with Crippen LogP contribution in [0.5, 0.6) is 0 Å². The summed E-state index contributed by atoms with van der Waals surface area (Å²) in [5, 5.41) is 8.63. The highest BCUT2D eigenvalue weighted by atomic mass is 16.6. The Morgan fingerprint density at radius 3 is 2.18 bits per heavy atom. The average molecular weight is 700 g/mol. The van der Waals surface area contributed by atoms with Crippen LogP contribution in [-0.2, 0) is 43.8 Å². The fourth-order valence-electron chi connectivity index (χ4n) is 6.63. The number of aryl methyl sites for hydroxylation is 1. The first-order chi connectivity index (χ1) is 24.3. The zero-order chi connectivity index (χ0) is 36.9. The molecule has 0 saturated carbocycles. The van der Waals surface area contributed by atoms with Crippen LogP contribution in [0.2, 0.25) is 0 Å². The van der Waals surface area contributed by atoms with Crippen molar-refractivity contribution in [2.75, 3.05) is 12.3 Å². The van der Waals surface area contributed by atoms with E-state index in [1.165, 1.54) is 15.7 Å². The maximum atomic E-state index is 14.2. The van der Waals surface area contributed by atoms with Crippen molar-refractivity contribution in [3.63, 3.8) is 0 Å². The van der Waals surface area contributed by atoms with Crippen LogP contribution in [0.15, 0.2) is 66.9 Å². The normalized spacial score (nSPS) is 21.5. The number of aromatic nitrogens is 2. The predicted octanol–water partition coefficient (Wildman–Crippen LogP) is 2.34. The van der Waals surface area contributed by atoms with E-state index in [1.807, 2.05) is 81.4 Å². The van der Waals surface area contributed by atoms with Crippen LogP contribution in [0.3, 0.4) is 0 Å². The van der Waals surface area contributed by atoms with E-state index in [2.05, 4.69) is 20.9 Å². The van der Waals surface area contributed by atoms with Crippen LogP contribution < -0.4 is 21.7 Å². The van der Waals surface area contributed by atoms with Crippen molar-refractivity contribution in [2.24, 2.45) is 13.0 Å². The van der Waals surface area contributed by atoms with Crippen molar-refractivity contribution in [3.8, 4) is 0 Å². The first-order valence-electron chi connectivity index (χ1n) is 17.5. The number of likely N-dealkylation sites (tertiary alicyclic amines) is 1. The summed E-state index contributed by atoms with van der Waals surface area (Å²) in [5.74, 6) is -1.70. The van der Waals surface area contributed by atoms with Gasteiger partial charge in [0, 0.05) is 19.5 Å².